The van der Waals surface area contributed by atoms with Gasteiger partial charge in [-0.1, -0.05) is 0 Å². The minimum atomic E-state index is -0.199. The van der Waals surface area contributed by atoms with Crippen LogP contribution >= 0.6 is 22.7 Å². The lowest BCUT2D eigenvalue weighted by molar-refractivity contribution is 0.100. The molecule has 0 saturated carbocycles. The van der Waals surface area contributed by atoms with Gasteiger partial charge in [0.05, 0.1) is 22.6 Å². The van der Waals surface area contributed by atoms with Gasteiger partial charge in [-0.05, 0) is 33.6 Å². The molecule has 8 heteroatoms. The molecular formula is C17H19N5OS2. The summed E-state index contributed by atoms with van der Waals surface area (Å²) >= 11 is 3.03. The standard InChI is InChI=1S/C17H19N5OS2/c1-5-22-14-11-8-18-21(4)12(11)6-7-13(14)25-17(22)20-16(23)15-9(2)19-10(3)24-15/h8H,5-7H2,1-4H3. The summed E-state index contributed by atoms with van der Waals surface area (Å²) in [5, 5.41) is 5.30. The fourth-order valence-electron chi connectivity index (χ4n) is 3.36. The average Bonchev–Trinajstić information content (AvgIpc) is 3.22. The van der Waals surface area contributed by atoms with E-state index >= 15 is 0 Å². The Morgan fingerprint density at radius 1 is 1.32 bits per heavy atom. The van der Waals surface area contributed by atoms with Crippen LogP contribution in [0.2, 0.25) is 0 Å². The van der Waals surface area contributed by atoms with E-state index in [0.29, 0.717) is 4.88 Å². The van der Waals surface area contributed by atoms with Gasteiger partial charge in [-0.15, -0.1) is 22.7 Å². The van der Waals surface area contributed by atoms with Crippen LogP contribution in [0.15, 0.2) is 11.2 Å². The molecule has 0 unspecified atom stereocenters. The normalized spacial score (nSPS) is 13.8. The van der Waals surface area contributed by atoms with Gasteiger partial charge < -0.3 is 4.57 Å². The summed E-state index contributed by atoms with van der Waals surface area (Å²) < 4.78 is 4.09. The van der Waals surface area contributed by atoms with Crippen LogP contribution in [-0.4, -0.2) is 25.2 Å². The van der Waals surface area contributed by atoms with Crippen LogP contribution in [0.3, 0.4) is 0 Å². The molecule has 0 bridgehead atoms. The summed E-state index contributed by atoms with van der Waals surface area (Å²) in [6.45, 7) is 6.63. The lowest BCUT2D eigenvalue weighted by atomic mass is 10.00. The van der Waals surface area contributed by atoms with E-state index in [2.05, 4.69) is 26.6 Å². The highest BCUT2D eigenvalue weighted by atomic mass is 32.1. The summed E-state index contributed by atoms with van der Waals surface area (Å²) in [4.78, 5) is 24.1. The summed E-state index contributed by atoms with van der Waals surface area (Å²) in [5.74, 6) is -0.199. The second kappa shape index (κ2) is 6.03. The van der Waals surface area contributed by atoms with Gasteiger partial charge in [0, 0.05) is 29.7 Å². The van der Waals surface area contributed by atoms with E-state index in [1.54, 1.807) is 11.3 Å². The zero-order valence-electron chi connectivity index (χ0n) is 14.7. The van der Waals surface area contributed by atoms with Gasteiger partial charge in [0.1, 0.15) is 4.88 Å². The zero-order valence-corrected chi connectivity index (χ0v) is 16.3. The molecule has 0 atom stereocenters. The number of hydrogen-bond donors (Lipinski definition) is 0. The molecule has 0 saturated heterocycles. The molecule has 0 N–H and O–H groups in total. The van der Waals surface area contributed by atoms with Crippen molar-refractivity contribution in [1.82, 2.24) is 19.3 Å². The number of fused-ring (bicyclic) bond motifs is 3. The largest absolute Gasteiger partial charge is 0.316 e. The van der Waals surface area contributed by atoms with Crippen LogP contribution in [0, 0.1) is 13.8 Å². The van der Waals surface area contributed by atoms with Crippen molar-refractivity contribution in [1.29, 1.82) is 0 Å². The number of hydrogen-bond acceptors (Lipinski definition) is 5. The number of amides is 1. The summed E-state index contributed by atoms with van der Waals surface area (Å²) in [6, 6.07) is 0. The van der Waals surface area contributed by atoms with Crippen LogP contribution in [0.1, 0.15) is 37.9 Å². The molecule has 130 valence electrons. The number of aromatic nitrogens is 4. The molecule has 1 aliphatic carbocycles. The molecule has 0 fully saturated rings. The van der Waals surface area contributed by atoms with Crippen molar-refractivity contribution in [3.63, 3.8) is 0 Å². The average molecular weight is 374 g/mol. The lowest BCUT2D eigenvalue weighted by Gasteiger charge is -2.15. The van der Waals surface area contributed by atoms with Gasteiger partial charge >= 0.3 is 0 Å². The van der Waals surface area contributed by atoms with Crippen molar-refractivity contribution in [3.8, 4) is 11.3 Å². The predicted molar refractivity (Wildman–Crippen MR) is 99.1 cm³/mol. The topological polar surface area (TPSA) is 65.1 Å². The number of carbonyl (C=O) groups excluding carboxylic acids is 1. The number of carbonyl (C=O) groups is 1. The lowest BCUT2D eigenvalue weighted by Crippen LogP contribution is -2.18. The molecular weight excluding hydrogens is 354 g/mol. The van der Waals surface area contributed by atoms with Gasteiger partial charge in [0.2, 0.25) is 0 Å². The molecule has 25 heavy (non-hydrogen) atoms. The molecule has 4 rings (SSSR count). The van der Waals surface area contributed by atoms with E-state index in [-0.39, 0.29) is 5.91 Å². The first kappa shape index (κ1) is 16.4. The van der Waals surface area contributed by atoms with Gasteiger partial charge in [0.25, 0.3) is 5.91 Å². The predicted octanol–water partition coefficient (Wildman–Crippen LogP) is 2.88. The minimum Gasteiger partial charge on any atom is -0.316 e. The van der Waals surface area contributed by atoms with Crippen LogP contribution in [-0.2, 0) is 26.4 Å². The molecule has 3 heterocycles. The third-order valence-electron chi connectivity index (χ3n) is 4.50. The van der Waals surface area contributed by atoms with Gasteiger partial charge in [-0.2, -0.15) is 10.1 Å². The highest BCUT2D eigenvalue weighted by Crippen LogP contribution is 2.34. The quantitative estimate of drug-likeness (QED) is 0.694. The number of rotatable bonds is 2. The fourth-order valence-corrected chi connectivity index (χ4v) is 5.36. The second-order valence-electron chi connectivity index (χ2n) is 6.09. The van der Waals surface area contributed by atoms with Crippen molar-refractivity contribution in [2.45, 2.75) is 40.2 Å². The molecule has 6 nitrogen and oxygen atoms in total. The molecule has 1 aliphatic rings. The van der Waals surface area contributed by atoms with Crippen molar-refractivity contribution in [3.05, 3.63) is 37.1 Å². The first-order chi connectivity index (χ1) is 12.0. The fraction of sp³-hybridized carbons (Fsp3) is 0.412. The van der Waals surface area contributed by atoms with Crippen LogP contribution < -0.4 is 4.80 Å². The Kier molecular flexibility index (Phi) is 3.96. The Balaban J connectivity index is 1.86. The molecule has 0 aromatic carbocycles. The first-order valence-electron chi connectivity index (χ1n) is 8.26. The van der Waals surface area contributed by atoms with E-state index in [1.165, 1.54) is 33.2 Å². The molecule has 0 radical (unpaired) electrons. The molecule has 3 aromatic rings. The van der Waals surface area contributed by atoms with Gasteiger partial charge in [-0.3, -0.25) is 9.48 Å². The van der Waals surface area contributed by atoms with Crippen LogP contribution in [0.25, 0.3) is 11.3 Å². The van der Waals surface area contributed by atoms with Crippen molar-refractivity contribution in [2.75, 3.05) is 0 Å². The zero-order chi connectivity index (χ0) is 17.7. The Morgan fingerprint density at radius 2 is 2.12 bits per heavy atom. The third kappa shape index (κ3) is 2.60. The van der Waals surface area contributed by atoms with Crippen LogP contribution in [0.4, 0.5) is 0 Å². The Hall–Kier alpha value is -2.06. The van der Waals surface area contributed by atoms with Gasteiger partial charge in [-0.25, -0.2) is 4.98 Å². The van der Waals surface area contributed by atoms with Crippen molar-refractivity contribution < 1.29 is 4.79 Å². The van der Waals surface area contributed by atoms with E-state index in [0.717, 1.165) is 34.9 Å². The maximum Gasteiger partial charge on any atom is 0.291 e. The van der Waals surface area contributed by atoms with E-state index in [1.807, 2.05) is 31.8 Å². The highest BCUT2D eigenvalue weighted by Gasteiger charge is 2.25. The summed E-state index contributed by atoms with van der Waals surface area (Å²) in [5.41, 5.74) is 4.35. The van der Waals surface area contributed by atoms with E-state index < -0.39 is 0 Å². The molecule has 1 amide bonds. The highest BCUT2D eigenvalue weighted by molar-refractivity contribution is 7.13. The Bertz CT molecular complexity index is 1050. The second-order valence-corrected chi connectivity index (χ2v) is 8.36. The van der Waals surface area contributed by atoms with E-state index in [9.17, 15) is 4.79 Å². The SMILES string of the molecule is CCn1c2c(sc1=NC(=O)c1sc(C)nc1C)CCc1c-2cnn1C. The molecule has 3 aromatic heterocycles. The van der Waals surface area contributed by atoms with Crippen LogP contribution in [0.5, 0.6) is 0 Å². The monoisotopic (exact) mass is 373 g/mol. The van der Waals surface area contributed by atoms with Crippen molar-refractivity contribution in [2.24, 2.45) is 12.0 Å². The maximum absolute atomic E-state index is 12.7. The van der Waals surface area contributed by atoms with E-state index in [4.69, 9.17) is 0 Å². The number of thiazole rings is 2. The number of aryl methyl sites for hydroxylation is 4. The summed E-state index contributed by atoms with van der Waals surface area (Å²) in [6.07, 6.45) is 3.87. The maximum atomic E-state index is 12.7. The minimum absolute atomic E-state index is 0.199. The summed E-state index contributed by atoms with van der Waals surface area (Å²) in [7, 11) is 1.98. The molecule has 0 spiro atoms. The smallest absolute Gasteiger partial charge is 0.291 e. The Morgan fingerprint density at radius 3 is 2.80 bits per heavy atom. The third-order valence-corrected chi connectivity index (χ3v) is 6.70. The molecule has 0 aliphatic heterocycles. The number of nitrogens with zero attached hydrogens (tertiary/aromatic N) is 5. The van der Waals surface area contributed by atoms with Crippen molar-refractivity contribution >= 4 is 28.6 Å². The van der Waals surface area contributed by atoms with Gasteiger partial charge in [0.15, 0.2) is 4.80 Å². The first-order valence-corrected chi connectivity index (χ1v) is 9.89. The Labute approximate surface area is 153 Å².